The molecule has 0 radical (unpaired) electrons. The van der Waals surface area contributed by atoms with Crippen molar-refractivity contribution >= 4 is 23.5 Å². The molecular weight excluding hydrogens is 360 g/mol. The predicted octanol–water partition coefficient (Wildman–Crippen LogP) is 3.51. The lowest BCUT2D eigenvalue weighted by molar-refractivity contribution is -0.111. The van der Waals surface area contributed by atoms with E-state index in [0.717, 1.165) is 0 Å². The molecule has 0 aliphatic rings. The number of amides is 2. The van der Waals surface area contributed by atoms with Crippen LogP contribution in [0.4, 0.5) is 11.7 Å². The maximum Gasteiger partial charge on any atom is 0.322 e. The zero-order chi connectivity index (χ0) is 19.9. The summed E-state index contributed by atoms with van der Waals surface area (Å²) in [5.41, 5.74) is 1.53. The van der Waals surface area contributed by atoms with Gasteiger partial charge in [-0.3, -0.25) is 14.9 Å². The third-order valence-corrected chi connectivity index (χ3v) is 3.69. The van der Waals surface area contributed by atoms with Crippen molar-refractivity contribution in [2.24, 2.45) is 0 Å². The standard InChI is InChI=1S/C20H18N4O4/c1-3-5-17(25)21-15-7-4-6-14(12-15)18(26)22-20-24-23-19(28-20)13-8-10-16(27-2)11-9-13/h3-12H,1-2H3,(H,21,25)(H,22,24,26)/b5-3+. The minimum Gasteiger partial charge on any atom is -0.497 e. The van der Waals surface area contributed by atoms with Crippen molar-refractivity contribution in [3.05, 3.63) is 66.2 Å². The molecule has 2 N–H and O–H groups in total. The van der Waals surface area contributed by atoms with Gasteiger partial charge in [-0.05, 0) is 55.5 Å². The van der Waals surface area contributed by atoms with Crippen LogP contribution in [0.15, 0.2) is 65.1 Å². The van der Waals surface area contributed by atoms with Gasteiger partial charge in [0.2, 0.25) is 11.8 Å². The first-order valence-electron chi connectivity index (χ1n) is 8.42. The molecule has 1 heterocycles. The number of hydrogen-bond donors (Lipinski definition) is 2. The predicted molar refractivity (Wildman–Crippen MR) is 104 cm³/mol. The van der Waals surface area contributed by atoms with Gasteiger partial charge in [-0.1, -0.05) is 17.2 Å². The molecular formula is C20H18N4O4. The molecule has 0 saturated carbocycles. The molecule has 142 valence electrons. The Labute approximate surface area is 161 Å². The third kappa shape index (κ3) is 4.61. The summed E-state index contributed by atoms with van der Waals surface area (Å²) < 4.78 is 10.6. The minimum atomic E-state index is -0.438. The van der Waals surface area contributed by atoms with Crippen LogP contribution in [0.3, 0.4) is 0 Å². The maximum absolute atomic E-state index is 12.4. The Morgan fingerprint density at radius 3 is 2.57 bits per heavy atom. The Kier molecular flexibility index (Phi) is 5.81. The highest BCUT2D eigenvalue weighted by Gasteiger charge is 2.13. The minimum absolute atomic E-state index is 0.0285. The number of nitrogens with one attached hydrogen (secondary N) is 2. The quantitative estimate of drug-likeness (QED) is 0.636. The number of allylic oxidation sites excluding steroid dienone is 1. The Hall–Kier alpha value is -3.94. The van der Waals surface area contributed by atoms with E-state index in [2.05, 4.69) is 20.8 Å². The van der Waals surface area contributed by atoms with E-state index in [1.165, 1.54) is 6.08 Å². The summed E-state index contributed by atoms with van der Waals surface area (Å²) in [4.78, 5) is 24.0. The van der Waals surface area contributed by atoms with E-state index in [0.29, 0.717) is 22.6 Å². The number of hydrogen-bond acceptors (Lipinski definition) is 6. The lowest BCUT2D eigenvalue weighted by atomic mass is 10.2. The van der Waals surface area contributed by atoms with E-state index >= 15 is 0 Å². The van der Waals surface area contributed by atoms with Gasteiger partial charge >= 0.3 is 6.01 Å². The molecule has 0 aliphatic heterocycles. The highest BCUT2D eigenvalue weighted by molar-refractivity contribution is 6.05. The highest BCUT2D eigenvalue weighted by atomic mass is 16.5. The smallest absolute Gasteiger partial charge is 0.322 e. The topological polar surface area (TPSA) is 106 Å². The summed E-state index contributed by atoms with van der Waals surface area (Å²) in [6, 6.07) is 13.6. The van der Waals surface area contributed by atoms with Gasteiger partial charge in [0.15, 0.2) is 0 Å². The SMILES string of the molecule is C/C=C/C(=O)Nc1cccc(C(=O)Nc2nnc(-c3ccc(OC)cc3)o2)c1. The molecule has 0 saturated heterocycles. The third-order valence-electron chi connectivity index (χ3n) is 3.69. The van der Waals surface area contributed by atoms with Crippen molar-refractivity contribution in [3.63, 3.8) is 0 Å². The van der Waals surface area contributed by atoms with Gasteiger partial charge in [0, 0.05) is 16.8 Å². The Morgan fingerprint density at radius 1 is 1.07 bits per heavy atom. The zero-order valence-corrected chi connectivity index (χ0v) is 15.3. The van der Waals surface area contributed by atoms with Crippen LogP contribution in [0, 0.1) is 0 Å². The maximum atomic E-state index is 12.4. The van der Waals surface area contributed by atoms with Crippen LogP contribution in [0.1, 0.15) is 17.3 Å². The number of rotatable bonds is 6. The molecule has 0 spiro atoms. The average Bonchev–Trinajstić information content (AvgIpc) is 3.17. The van der Waals surface area contributed by atoms with Crippen molar-refractivity contribution in [2.75, 3.05) is 17.7 Å². The van der Waals surface area contributed by atoms with Gasteiger partial charge in [0.05, 0.1) is 7.11 Å². The number of nitrogens with zero attached hydrogens (tertiary/aromatic N) is 2. The molecule has 0 aliphatic carbocycles. The normalized spacial score (nSPS) is 10.6. The lowest BCUT2D eigenvalue weighted by Gasteiger charge is -2.05. The molecule has 0 bridgehead atoms. The first kappa shape index (κ1) is 18.8. The van der Waals surface area contributed by atoms with Gasteiger partial charge in [-0.2, -0.15) is 0 Å². The molecule has 0 atom stereocenters. The van der Waals surface area contributed by atoms with Gasteiger partial charge in [-0.25, -0.2) is 0 Å². The fraction of sp³-hybridized carbons (Fsp3) is 0.100. The molecule has 3 rings (SSSR count). The summed E-state index contributed by atoms with van der Waals surface area (Å²) in [6.07, 6.45) is 3.02. The van der Waals surface area contributed by atoms with Gasteiger partial charge in [0.25, 0.3) is 5.91 Å². The van der Waals surface area contributed by atoms with E-state index in [-0.39, 0.29) is 17.8 Å². The van der Waals surface area contributed by atoms with Crippen molar-refractivity contribution < 1.29 is 18.7 Å². The molecule has 0 fully saturated rings. The number of ether oxygens (including phenoxy) is 1. The Balaban J connectivity index is 1.69. The van der Waals surface area contributed by atoms with Crippen molar-refractivity contribution in [1.29, 1.82) is 0 Å². The molecule has 8 heteroatoms. The van der Waals surface area contributed by atoms with E-state index in [9.17, 15) is 9.59 Å². The highest BCUT2D eigenvalue weighted by Crippen LogP contribution is 2.23. The molecule has 3 aromatic rings. The zero-order valence-electron chi connectivity index (χ0n) is 15.3. The first-order chi connectivity index (χ1) is 13.6. The van der Waals surface area contributed by atoms with Gasteiger partial charge < -0.3 is 14.5 Å². The number of carbonyl (C=O) groups excluding carboxylic acids is 2. The summed E-state index contributed by atoms with van der Waals surface area (Å²) in [7, 11) is 1.58. The first-order valence-corrected chi connectivity index (χ1v) is 8.42. The van der Waals surface area contributed by atoms with Crippen LogP contribution >= 0.6 is 0 Å². The molecule has 2 aromatic carbocycles. The van der Waals surface area contributed by atoms with Gasteiger partial charge in [0.1, 0.15) is 5.75 Å². The lowest BCUT2D eigenvalue weighted by Crippen LogP contribution is -2.13. The molecule has 2 amide bonds. The van der Waals surface area contributed by atoms with E-state index in [1.54, 1.807) is 68.6 Å². The molecule has 28 heavy (non-hydrogen) atoms. The van der Waals surface area contributed by atoms with Crippen LogP contribution in [0.25, 0.3) is 11.5 Å². The second-order valence-corrected chi connectivity index (χ2v) is 5.67. The largest absolute Gasteiger partial charge is 0.497 e. The average molecular weight is 378 g/mol. The van der Waals surface area contributed by atoms with Crippen LogP contribution in [-0.4, -0.2) is 29.1 Å². The molecule has 0 unspecified atom stereocenters. The van der Waals surface area contributed by atoms with E-state index in [4.69, 9.17) is 9.15 Å². The summed E-state index contributed by atoms with van der Waals surface area (Å²) >= 11 is 0. The fourth-order valence-corrected chi connectivity index (χ4v) is 2.37. The number of benzene rings is 2. The number of carbonyl (C=O) groups is 2. The second kappa shape index (κ2) is 8.63. The summed E-state index contributed by atoms with van der Waals surface area (Å²) in [5, 5.41) is 13.0. The van der Waals surface area contributed by atoms with Crippen molar-refractivity contribution in [3.8, 4) is 17.2 Å². The number of anilines is 2. The number of aromatic nitrogens is 2. The van der Waals surface area contributed by atoms with Crippen LogP contribution in [0.2, 0.25) is 0 Å². The monoisotopic (exact) mass is 378 g/mol. The van der Waals surface area contributed by atoms with Gasteiger partial charge in [-0.15, -0.1) is 5.10 Å². The molecule has 1 aromatic heterocycles. The van der Waals surface area contributed by atoms with Crippen molar-refractivity contribution in [1.82, 2.24) is 10.2 Å². The van der Waals surface area contributed by atoms with E-state index < -0.39 is 5.91 Å². The van der Waals surface area contributed by atoms with Crippen molar-refractivity contribution in [2.45, 2.75) is 6.92 Å². The van der Waals surface area contributed by atoms with Crippen LogP contribution < -0.4 is 15.4 Å². The summed E-state index contributed by atoms with van der Waals surface area (Å²) in [6.45, 7) is 1.74. The Bertz CT molecular complexity index is 1010. The van der Waals surface area contributed by atoms with Crippen LogP contribution in [-0.2, 0) is 4.79 Å². The molecule has 8 nitrogen and oxygen atoms in total. The number of methoxy groups -OCH3 is 1. The fourth-order valence-electron chi connectivity index (χ4n) is 2.37. The van der Waals surface area contributed by atoms with Crippen LogP contribution in [0.5, 0.6) is 5.75 Å². The van der Waals surface area contributed by atoms with E-state index in [1.807, 2.05) is 0 Å². The second-order valence-electron chi connectivity index (χ2n) is 5.67. The summed E-state index contributed by atoms with van der Waals surface area (Å²) in [5.74, 6) is 0.261. The Morgan fingerprint density at radius 2 is 1.86 bits per heavy atom.